The zero-order valence-corrected chi connectivity index (χ0v) is 33.2. The second kappa shape index (κ2) is 15.6. The van der Waals surface area contributed by atoms with Gasteiger partial charge in [0.1, 0.15) is 5.82 Å². The van der Waals surface area contributed by atoms with E-state index >= 15 is 0 Å². The maximum absolute atomic E-state index is 6.56. The zero-order valence-electron chi connectivity index (χ0n) is 31.7. The van der Waals surface area contributed by atoms with E-state index in [2.05, 4.69) is 119 Å². The van der Waals surface area contributed by atoms with E-state index in [0.29, 0.717) is 11.5 Å². The van der Waals surface area contributed by atoms with Crippen LogP contribution >= 0.6 is 0 Å². The number of pyridine rings is 1. The molecule has 0 unspecified atom stereocenters. The van der Waals surface area contributed by atoms with Crippen LogP contribution in [0.15, 0.2) is 72.9 Å². The number of unbranched alkanes of at least 4 members (excludes halogenated alkanes) is 2. The van der Waals surface area contributed by atoms with E-state index in [1.165, 1.54) is 50.3 Å². The second-order valence-electron chi connectivity index (χ2n) is 14.0. The summed E-state index contributed by atoms with van der Waals surface area (Å²) in [6.45, 7) is 18.0. The van der Waals surface area contributed by atoms with Crippen LogP contribution in [0.1, 0.15) is 84.3 Å². The molecule has 0 amide bonds. The summed E-state index contributed by atoms with van der Waals surface area (Å²) >= 11 is 0. The third-order valence-electron chi connectivity index (χ3n) is 10.7. The molecule has 0 atom stereocenters. The van der Waals surface area contributed by atoms with Gasteiger partial charge in [-0.2, -0.15) is 17.2 Å². The molecule has 6 heteroatoms. The van der Waals surface area contributed by atoms with Gasteiger partial charge >= 0.3 is 20.4 Å². The van der Waals surface area contributed by atoms with Gasteiger partial charge in [-0.25, -0.2) is 4.98 Å². The molecule has 52 heavy (non-hydrogen) atoms. The van der Waals surface area contributed by atoms with E-state index < -0.39 is 0 Å². The largest absolute Gasteiger partial charge is 2.00 e. The minimum absolute atomic E-state index is 0. The number of hydrogen-bond donors (Lipinski definition) is 0. The van der Waals surface area contributed by atoms with E-state index in [9.17, 15) is 0 Å². The number of fused-ring (bicyclic) bond motifs is 3. The van der Waals surface area contributed by atoms with Crippen LogP contribution in [-0.4, -0.2) is 19.3 Å². The van der Waals surface area contributed by atoms with Crippen LogP contribution in [0.25, 0.3) is 44.4 Å². The number of ether oxygens (including phenoxy) is 1. The van der Waals surface area contributed by atoms with Gasteiger partial charge in [-0.05, 0) is 135 Å². The predicted octanol–water partition coefficient (Wildman–Crippen LogP) is 12.0. The van der Waals surface area contributed by atoms with Gasteiger partial charge in [-0.15, -0.1) is 35.7 Å². The Kier molecular flexibility index (Phi) is 11.2. The summed E-state index contributed by atoms with van der Waals surface area (Å²) in [4.78, 5) is 4.73. The molecule has 5 nitrogen and oxygen atoms in total. The summed E-state index contributed by atoms with van der Waals surface area (Å²) in [5.41, 5.74) is 16.0. The molecule has 0 aliphatic rings. The summed E-state index contributed by atoms with van der Waals surface area (Å²) in [5, 5.41) is 7.65. The molecule has 3 heterocycles. The van der Waals surface area contributed by atoms with Crippen LogP contribution in [0.4, 0.5) is 0 Å². The normalized spacial score (nSPS) is 11.4. The van der Waals surface area contributed by atoms with Gasteiger partial charge in [0.2, 0.25) is 0 Å². The Bertz CT molecular complexity index is 2370. The van der Waals surface area contributed by atoms with Crippen LogP contribution in [-0.2, 0) is 33.3 Å². The monoisotopic (exact) mass is 778 g/mol. The maximum Gasteiger partial charge on any atom is 2.00 e. The molecule has 0 aliphatic carbocycles. The van der Waals surface area contributed by atoms with Crippen molar-refractivity contribution in [2.75, 3.05) is 0 Å². The molecule has 0 aliphatic heterocycles. The van der Waals surface area contributed by atoms with Crippen LogP contribution in [0.2, 0.25) is 0 Å². The summed E-state index contributed by atoms with van der Waals surface area (Å²) in [6, 6.07) is 30.0. The van der Waals surface area contributed by atoms with Crippen molar-refractivity contribution >= 4 is 21.8 Å². The molecule has 0 spiro atoms. The smallest absolute Gasteiger partial charge is 0.509 e. The maximum atomic E-state index is 6.56. The van der Waals surface area contributed by atoms with E-state index in [4.69, 9.17) is 14.8 Å². The fourth-order valence-electron chi connectivity index (χ4n) is 7.51. The van der Waals surface area contributed by atoms with Gasteiger partial charge in [0.25, 0.3) is 0 Å². The topological polar surface area (TPSA) is 44.9 Å². The Hall–Kier alpha value is -4.50. The molecule has 3 aromatic heterocycles. The van der Waals surface area contributed by atoms with Crippen LogP contribution in [0.5, 0.6) is 11.5 Å². The van der Waals surface area contributed by atoms with Crippen molar-refractivity contribution < 1.29 is 25.2 Å². The van der Waals surface area contributed by atoms with Crippen molar-refractivity contribution in [2.24, 2.45) is 0 Å². The molecular weight excluding hydrogens is 731 g/mol. The molecule has 0 saturated heterocycles. The van der Waals surface area contributed by atoms with Crippen molar-refractivity contribution in [3.63, 3.8) is 0 Å². The first kappa shape index (κ1) is 37.3. The Morgan fingerprint density at radius 1 is 0.673 bits per heavy atom. The van der Waals surface area contributed by atoms with Gasteiger partial charge in [0, 0.05) is 34.5 Å². The molecule has 4 aromatic carbocycles. The van der Waals surface area contributed by atoms with Crippen LogP contribution in [0.3, 0.4) is 0 Å². The first-order valence-corrected chi connectivity index (χ1v) is 18.5. The van der Waals surface area contributed by atoms with Crippen molar-refractivity contribution in [1.29, 1.82) is 0 Å². The van der Waals surface area contributed by atoms with Gasteiger partial charge in [0.05, 0.1) is 5.69 Å². The number of aryl methyl sites for hydroxylation is 2. The molecule has 0 radical (unpaired) electrons. The number of aromatic nitrogens is 4. The number of benzene rings is 4. The van der Waals surface area contributed by atoms with Crippen molar-refractivity contribution in [2.45, 2.75) is 93.9 Å². The van der Waals surface area contributed by atoms with Gasteiger partial charge in [-0.3, -0.25) is 4.68 Å². The van der Waals surface area contributed by atoms with Crippen molar-refractivity contribution in [3.8, 4) is 34.1 Å². The fraction of sp³-hybridized carbons (Fsp3) is 0.304. The molecule has 0 N–H and O–H groups in total. The molecule has 0 bridgehead atoms. The molecule has 7 rings (SSSR count). The molecule has 0 fully saturated rings. The Morgan fingerprint density at radius 3 is 2.10 bits per heavy atom. The van der Waals surface area contributed by atoms with Crippen molar-refractivity contribution in [1.82, 2.24) is 19.3 Å². The van der Waals surface area contributed by atoms with Crippen LogP contribution in [0, 0.1) is 53.7 Å². The average Bonchev–Trinajstić information content (AvgIpc) is 3.66. The predicted molar refractivity (Wildman–Crippen MR) is 211 cm³/mol. The van der Waals surface area contributed by atoms with Crippen LogP contribution < -0.4 is 4.74 Å². The molecule has 7 aromatic rings. The van der Waals surface area contributed by atoms with E-state index in [-0.39, 0.29) is 20.4 Å². The summed E-state index contributed by atoms with van der Waals surface area (Å²) < 4.78 is 10.9. The number of para-hydroxylation sites is 1. The zero-order chi connectivity index (χ0) is 35.8. The van der Waals surface area contributed by atoms with Gasteiger partial charge in [-0.1, -0.05) is 50.4 Å². The number of nitrogens with zero attached hydrogens (tertiary/aromatic N) is 4. The third kappa shape index (κ3) is 6.75. The standard InChI is InChI=1S/C46H48N4O.Pd/c1-9-11-19-40-46(45-33(7)31(5)30(4)32(6)34(45)8)42(20-12-10-2)50(48-40)35-16-15-17-36(27-35)51-37-22-23-39-38-18-13-14-21-41(38)49(43(39)28-37)44-26-29(3)24-25-47-44;/h13-18,21-26H,9-12,19-20H2,1-8H3;/q-2;+2. The van der Waals surface area contributed by atoms with E-state index in [1.807, 2.05) is 30.5 Å². The quantitative estimate of drug-likeness (QED) is 0.0970. The van der Waals surface area contributed by atoms with E-state index in [1.54, 1.807) is 0 Å². The third-order valence-corrected chi connectivity index (χ3v) is 10.7. The van der Waals surface area contributed by atoms with Gasteiger partial charge < -0.3 is 9.30 Å². The summed E-state index contributed by atoms with van der Waals surface area (Å²) in [6.07, 6.45) is 8.16. The molecule has 268 valence electrons. The molecular formula is C46H48N4OPd. The minimum Gasteiger partial charge on any atom is -0.509 e. The Balaban J connectivity index is 0.00000464. The summed E-state index contributed by atoms with van der Waals surface area (Å²) in [5.74, 6) is 2.11. The minimum atomic E-state index is 0. The van der Waals surface area contributed by atoms with Crippen molar-refractivity contribution in [3.05, 3.63) is 130 Å². The number of rotatable bonds is 11. The average molecular weight is 779 g/mol. The SMILES string of the molecule is CCCCc1nn(-c2[c-]c(Oc3[c-]c4c(cc3)c3ccccc3n4-c3cc(C)ccn3)ccc2)c(CCCC)c1-c1c(C)c(C)c(C)c(C)c1C.[Pd+2]. The first-order chi connectivity index (χ1) is 24.7. The van der Waals surface area contributed by atoms with E-state index in [0.717, 1.165) is 77.4 Å². The van der Waals surface area contributed by atoms with Gasteiger partial charge in [0.15, 0.2) is 0 Å². The fourth-order valence-corrected chi connectivity index (χ4v) is 7.51. The number of hydrogen-bond acceptors (Lipinski definition) is 3. The summed E-state index contributed by atoms with van der Waals surface area (Å²) in [7, 11) is 0. The second-order valence-corrected chi connectivity index (χ2v) is 14.0. The Morgan fingerprint density at radius 2 is 1.37 bits per heavy atom. The Labute approximate surface area is 322 Å². The molecule has 0 saturated carbocycles. The first-order valence-electron chi connectivity index (χ1n) is 18.5.